The van der Waals surface area contributed by atoms with Crippen LogP contribution in [-0.4, -0.2) is 62.1 Å². The number of halogens is 3. The van der Waals surface area contributed by atoms with Crippen LogP contribution in [0.15, 0.2) is 47.7 Å². The lowest BCUT2D eigenvalue weighted by atomic mass is 10.2. The van der Waals surface area contributed by atoms with Crippen LogP contribution in [0.5, 0.6) is 5.75 Å². The first-order valence-electron chi connectivity index (χ1n) is 12.2. The quantitative estimate of drug-likeness (QED) is 0.449. The molecule has 1 saturated carbocycles. The van der Waals surface area contributed by atoms with E-state index >= 15 is 0 Å². The second-order valence-electron chi connectivity index (χ2n) is 9.31. The van der Waals surface area contributed by atoms with E-state index in [0.717, 1.165) is 22.4 Å². The number of hydrogen-bond acceptors (Lipinski definition) is 8. The number of pyridine rings is 1. The standard InChI is InChI=1S/C25H27F3N6O3S/c26-17-1-2-21(12-17)37-24-23(14-31-34(25(24)35)20-10-18(27)9-19(28)11-20)32-5-7-33(8-6-32)38(36)15-16-3-4-30-13-22(16)29/h3-4,9-11,13-14,17,21H,1-2,5-8,12,15,29H2. The SMILES string of the molecule is Nc1cnccc1C[S+]([O-])N1CCN(c2cnn(-c3cc(F)cc(F)c3)c(=O)c2OC2CCC(F)C2)CC1. The molecule has 3 unspecified atom stereocenters. The number of piperazine rings is 1. The lowest BCUT2D eigenvalue weighted by Crippen LogP contribution is -2.49. The van der Waals surface area contributed by atoms with Crippen molar-refractivity contribution in [2.75, 3.05) is 36.8 Å². The summed E-state index contributed by atoms with van der Waals surface area (Å²) in [5, 5.41) is 4.16. The van der Waals surface area contributed by atoms with Crippen LogP contribution >= 0.6 is 0 Å². The Hall–Kier alpha value is -3.29. The van der Waals surface area contributed by atoms with Crippen molar-refractivity contribution in [2.24, 2.45) is 0 Å². The zero-order valence-electron chi connectivity index (χ0n) is 20.4. The Morgan fingerprint density at radius 1 is 1.11 bits per heavy atom. The Kier molecular flexibility index (Phi) is 7.77. The monoisotopic (exact) mass is 548 g/mol. The van der Waals surface area contributed by atoms with Crippen molar-refractivity contribution in [3.05, 3.63) is 70.4 Å². The van der Waals surface area contributed by atoms with E-state index in [2.05, 4.69) is 10.1 Å². The molecule has 2 N–H and O–H groups in total. The Morgan fingerprint density at radius 2 is 1.84 bits per heavy atom. The summed E-state index contributed by atoms with van der Waals surface area (Å²) < 4.78 is 63.2. The molecule has 5 rings (SSSR count). The summed E-state index contributed by atoms with van der Waals surface area (Å²) in [5.41, 5.74) is 6.77. The van der Waals surface area contributed by atoms with E-state index < -0.39 is 40.8 Å². The maximum atomic E-state index is 13.9. The molecule has 0 bridgehead atoms. The predicted octanol–water partition coefficient (Wildman–Crippen LogP) is 2.74. The van der Waals surface area contributed by atoms with Gasteiger partial charge in [-0.3, -0.25) is 9.78 Å². The normalized spacial score (nSPS) is 21.0. The van der Waals surface area contributed by atoms with Gasteiger partial charge in [-0.25, -0.2) is 13.2 Å². The number of hydrogen-bond donors (Lipinski definition) is 1. The molecule has 0 radical (unpaired) electrons. The molecule has 3 heterocycles. The third kappa shape index (κ3) is 5.74. The Balaban J connectivity index is 1.38. The lowest BCUT2D eigenvalue weighted by molar-refractivity contribution is 0.193. The number of nitrogens with two attached hydrogens (primary N) is 1. The molecule has 38 heavy (non-hydrogen) atoms. The van der Waals surface area contributed by atoms with Gasteiger partial charge in [-0.2, -0.15) is 9.78 Å². The van der Waals surface area contributed by atoms with Crippen LogP contribution in [0.25, 0.3) is 5.69 Å². The van der Waals surface area contributed by atoms with E-state index in [-0.39, 0.29) is 23.6 Å². The highest BCUT2D eigenvalue weighted by molar-refractivity contribution is 7.88. The number of aromatic nitrogens is 3. The third-order valence-corrected chi connectivity index (χ3v) is 8.20. The first kappa shape index (κ1) is 26.3. The molecule has 0 amide bonds. The Bertz CT molecular complexity index is 1330. The van der Waals surface area contributed by atoms with Gasteiger partial charge in [0.05, 0.1) is 36.9 Å². The van der Waals surface area contributed by atoms with Gasteiger partial charge in [0.15, 0.2) is 5.75 Å². The summed E-state index contributed by atoms with van der Waals surface area (Å²) in [5.74, 6) is -1.50. The van der Waals surface area contributed by atoms with Crippen molar-refractivity contribution < 1.29 is 22.5 Å². The summed E-state index contributed by atoms with van der Waals surface area (Å²) in [6.07, 6.45) is 3.95. The van der Waals surface area contributed by atoms with Crippen molar-refractivity contribution in [2.45, 2.75) is 37.3 Å². The topological polar surface area (TPSA) is 113 Å². The number of anilines is 2. The molecule has 1 saturated heterocycles. The van der Waals surface area contributed by atoms with Crippen LogP contribution in [0, 0.1) is 11.6 Å². The highest BCUT2D eigenvalue weighted by atomic mass is 32.2. The minimum Gasteiger partial charge on any atom is -0.598 e. The zero-order chi connectivity index (χ0) is 26.8. The summed E-state index contributed by atoms with van der Waals surface area (Å²) in [4.78, 5) is 19.3. The van der Waals surface area contributed by atoms with Crippen LogP contribution in [0.2, 0.25) is 0 Å². The number of rotatable bonds is 7. The molecule has 9 nitrogen and oxygen atoms in total. The van der Waals surface area contributed by atoms with Gasteiger partial charge in [-0.1, -0.05) is 0 Å². The van der Waals surface area contributed by atoms with Crippen LogP contribution in [0.3, 0.4) is 0 Å². The molecule has 2 aromatic heterocycles. The highest BCUT2D eigenvalue weighted by Crippen LogP contribution is 2.31. The number of ether oxygens (including phenoxy) is 1. The summed E-state index contributed by atoms with van der Waals surface area (Å²) in [7, 11) is 0. The molecule has 1 aromatic carbocycles. The molecule has 2 aliphatic rings. The van der Waals surface area contributed by atoms with Gasteiger partial charge in [-0.15, -0.1) is 4.31 Å². The zero-order valence-corrected chi connectivity index (χ0v) is 21.2. The fourth-order valence-electron chi connectivity index (χ4n) is 4.70. The summed E-state index contributed by atoms with van der Waals surface area (Å²) in [6.45, 7) is 1.71. The van der Waals surface area contributed by atoms with Crippen LogP contribution < -0.4 is 20.9 Å². The van der Waals surface area contributed by atoms with Gasteiger partial charge in [-0.05, 0) is 31.0 Å². The number of nitrogen functional groups attached to an aromatic ring is 1. The third-order valence-electron chi connectivity index (χ3n) is 6.70. The van der Waals surface area contributed by atoms with Crippen molar-refractivity contribution in [3.8, 4) is 11.4 Å². The molecular formula is C25H27F3N6O3S. The van der Waals surface area contributed by atoms with Crippen molar-refractivity contribution in [1.82, 2.24) is 19.1 Å². The first-order chi connectivity index (χ1) is 18.3. The summed E-state index contributed by atoms with van der Waals surface area (Å²) in [6, 6.07) is 4.44. The molecule has 3 atom stereocenters. The molecular weight excluding hydrogens is 521 g/mol. The minimum atomic E-state index is -1.32. The van der Waals surface area contributed by atoms with Gasteiger partial charge in [0.25, 0.3) is 0 Å². The van der Waals surface area contributed by atoms with Gasteiger partial charge in [0, 0.05) is 48.7 Å². The van der Waals surface area contributed by atoms with Crippen molar-refractivity contribution in [1.29, 1.82) is 0 Å². The number of benzene rings is 1. The average molecular weight is 549 g/mol. The second-order valence-corrected chi connectivity index (χ2v) is 10.8. The summed E-state index contributed by atoms with van der Waals surface area (Å²) >= 11 is -1.32. The van der Waals surface area contributed by atoms with Gasteiger partial charge >= 0.3 is 5.56 Å². The molecule has 1 aliphatic heterocycles. The van der Waals surface area contributed by atoms with Crippen molar-refractivity contribution in [3.63, 3.8) is 0 Å². The number of alkyl halides is 1. The minimum absolute atomic E-state index is 0.0529. The van der Waals surface area contributed by atoms with Gasteiger partial charge in [0.1, 0.15) is 29.6 Å². The maximum absolute atomic E-state index is 13.9. The molecule has 3 aromatic rings. The van der Waals surface area contributed by atoms with E-state index in [4.69, 9.17) is 10.5 Å². The largest absolute Gasteiger partial charge is 0.598 e. The van der Waals surface area contributed by atoms with E-state index in [1.807, 2.05) is 9.21 Å². The van der Waals surface area contributed by atoms with Crippen LogP contribution in [-0.2, 0) is 17.1 Å². The fourth-order valence-corrected chi connectivity index (χ4v) is 5.98. The Morgan fingerprint density at radius 3 is 2.50 bits per heavy atom. The van der Waals surface area contributed by atoms with E-state index in [1.165, 1.54) is 12.4 Å². The molecule has 202 valence electrons. The van der Waals surface area contributed by atoms with Crippen molar-refractivity contribution >= 4 is 22.7 Å². The Labute approximate surface area is 220 Å². The van der Waals surface area contributed by atoms with Gasteiger partial charge in [0.2, 0.25) is 5.75 Å². The molecule has 2 fully saturated rings. The first-order valence-corrected chi connectivity index (χ1v) is 13.5. The molecule has 13 heteroatoms. The smallest absolute Gasteiger partial charge is 0.316 e. The van der Waals surface area contributed by atoms with E-state index in [0.29, 0.717) is 56.5 Å². The van der Waals surface area contributed by atoms with Crippen LogP contribution in [0.4, 0.5) is 24.5 Å². The molecule has 1 aliphatic carbocycles. The lowest BCUT2D eigenvalue weighted by Gasteiger charge is -2.36. The highest BCUT2D eigenvalue weighted by Gasteiger charge is 2.32. The average Bonchev–Trinajstić information content (AvgIpc) is 3.30. The van der Waals surface area contributed by atoms with Gasteiger partial charge < -0.3 is 19.9 Å². The maximum Gasteiger partial charge on any atom is 0.316 e. The second kappa shape index (κ2) is 11.2. The molecule has 0 spiro atoms. The predicted molar refractivity (Wildman–Crippen MR) is 137 cm³/mol. The van der Waals surface area contributed by atoms with E-state index in [1.54, 1.807) is 12.3 Å². The fraction of sp³-hybridized carbons (Fsp3) is 0.400. The van der Waals surface area contributed by atoms with Crippen LogP contribution in [0.1, 0.15) is 24.8 Å². The van der Waals surface area contributed by atoms with E-state index in [9.17, 15) is 22.5 Å². The number of nitrogens with zero attached hydrogens (tertiary/aromatic N) is 5.